The molecule has 20 heavy (non-hydrogen) atoms. The minimum Gasteiger partial charge on any atom is -0.469 e. The number of rotatable bonds is 7. The van der Waals surface area contributed by atoms with E-state index in [1.165, 1.54) is 18.5 Å². The Kier molecular flexibility index (Phi) is 6.41. The summed E-state index contributed by atoms with van der Waals surface area (Å²) in [5.74, 6) is -1.54. The Labute approximate surface area is 119 Å². The molecule has 0 saturated heterocycles. The van der Waals surface area contributed by atoms with Crippen LogP contribution in [0.25, 0.3) is 0 Å². The summed E-state index contributed by atoms with van der Waals surface area (Å²) < 4.78 is 34.8. The maximum absolute atomic E-state index is 12.3. The Morgan fingerprint density at radius 3 is 2.15 bits per heavy atom. The highest BCUT2D eigenvalue weighted by Gasteiger charge is 2.34. The highest BCUT2D eigenvalue weighted by Crippen LogP contribution is 2.26. The first-order valence-corrected chi connectivity index (χ1v) is 8.14. The lowest BCUT2D eigenvalue weighted by molar-refractivity contribution is -0.141. The molecule has 0 aromatic heterocycles. The zero-order valence-corrected chi connectivity index (χ0v) is 12.6. The molecule has 0 N–H and O–H groups in total. The zero-order valence-electron chi connectivity index (χ0n) is 11.8. The van der Waals surface area contributed by atoms with E-state index < -0.39 is 22.0 Å². The van der Waals surface area contributed by atoms with E-state index in [0.29, 0.717) is 0 Å². The van der Waals surface area contributed by atoms with Gasteiger partial charge in [0.05, 0.1) is 26.4 Å². The smallest absolute Gasteiger partial charge is 0.321 e. The number of carbonyl (C=O) groups is 2. The predicted octanol–water partition coefficient (Wildman–Crippen LogP) is 0.297. The van der Waals surface area contributed by atoms with E-state index in [-0.39, 0.29) is 24.8 Å². The first kappa shape index (κ1) is 16.9. The lowest BCUT2D eigenvalue weighted by Gasteiger charge is -2.26. The number of carbonyl (C=O) groups excluding carboxylic acids is 2. The third kappa shape index (κ3) is 4.75. The van der Waals surface area contributed by atoms with Crippen LogP contribution in [-0.4, -0.2) is 57.2 Å². The third-order valence-electron chi connectivity index (χ3n) is 3.39. The molecule has 1 aliphatic carbocycles. The summed E-state index contributed by atoms with van der Waals surface area (Å²) in [5, 5.41) is 0. The van der Waals surface area contributed by atoms with Crippen LogP contribution in [0.4, 0.5) is 0 Å². The van der Waals surface area contributed by atoms with Crippen molar-refractivity contribution in [2.24, 2.45) is 0 Å². The monoisotopic (exact) mass is 307 g/mol. The summed E-state index contributed by atoms with van der Waals surface area (Å²) in [6, 6.07) is -0.184. The standard InChI is InChI=1S/C12H21NO6S/c1-18-11(14)7-8-20(16,17)13(9-12(15)19-2)10-5-3-4-6-10/h10H,3-9H2,1-2H3. The summed E-state index contributed by atoms with van der Waals surface area (Å²) >= 11 is 0. The molecule has 0 amide bonds. The van der Waals surface area contributed by atoms with Gasteiger partial charge >= 0.3 is 11.9 Å². The highest BCUT2D eigenvalue weighted by molar-refractivity contribution is 7.89. The number of ether oxygens (including phenoxy) is 2. The maximum atomic E-state index is 12.3. The molecule has 7 nitrogen and oxygen atoms in total. The number of hydrogen-bond acceptors (Lipinski definition) is 6. The molecule has 0 bridgehead atoms. The molecule has 0 atom stereocenters. The van der Waals surface area contributed by atoms with Gasteiger partial charge < -0.3 is 9.47 Å². The van der Waals surface area contributed by atoms with Gasteiger partial charge in [0, 0.05) is 6.04 Å². The molecule has 8 heteroatoms. The van der Waals surface area contributed by atoms with Gasteiger partial charge in [-0.15, -0.1) is 0 Å². The van der Waals surface area contributed by atoms with E-state index in [2.05, 4.69) is 9.47 Å². The van der Waals surface area contributed by atoms with Crippen molar-refractivity contribution < 1.29 is 27.5 Å². The molecule has 0 radical (unpaired) electrons. The Morgan fingerprint density at radius 2 is 1.65 bits per heavy atom. The lowest BCUT2D eigenvalue weighted by Crippen LogP contribution is -2.44. The van der Waals surface area contributed by atoms with Crippen LogP contribution in [-0.2, 0) is 29.1 Å². The summed E-state index contributed by atoms with van der Waals surface area (Å²) in [4.78, 5) is 22.5. The van der Waals surface area contributed by atoms with Crippen LogP contribution in [0, 0.1) is 0 Å². The van der Waals surface area contributed by atoms with E-state index in [1.807, 2.05) is 0 Å². The van der Waals surface area contributed by atoms with Gasteiger partial charge in [-0.25, -0.2) is 8.42 Å². The highest BCUT2D eigenvalue weighted by atomic mass is 32.2. The molecule has 0 heterocycles. The van der Waals surface area contributed by atoms with Gasteiger partial charge in [0.1, 0.15) is 6.54 Å². The summed E-state index contributed by atoms with van der Waals surface area (Å²) in [6.07, 6.45) is 3.12. The third-order valence-corrected chi connectivity index (χ3v) is 5.26. The van der Waals surface area contributed by atoms with Crippen molar-refractivity contribution in [2.75, 3.05) is 26.5 Å². The second-order valence-corrected chi connectivity index (χ2v) is 6.74. The molecule has 0 aromatic carbocycles. The Bertz CT molecular complexity index is 441. The van der Waals surface area contributed by atoms with Gasteiger partial charge in [0.25, 0.3) is 0 Å². The Hall–Kier alpha value is -1.15. The molecule has 0 aliphatic heterocycles. The summed E-state index contributed by atoms with van der Waals surface area (Å²) in [5.41, 5.74) is 0. The number of nitrogens with zero attached hydrogens (tertiary/aromatic N) is 1. The Balaban J connectivity index is 2.78. The second-order valence-electron chi connectivity index (χ2n) is 4.70. The second kappa shape index (κ2) is 7.58. The van der Waals surface area contributed by atoms with Gasteiger partial charge in [-0.2, -0.15) is 4.31 Å². The predicted molar refractivity (Wildman–Crippen MR) is 71.4 cm³/mol. The number of esters is 2. The minimum atomic E-state index is -3.68. The fourth-order valence-electron chi connectivity index (χ4n) is 2.27. The van der Waals surface area contributed by atoms with E-state index in [1.54, 1.807) is 0 Å². The molecule has 116 valence electrons. The van der Waals surface area contributed by atoms with E-state index in [0.717, 1.165) is 25.7 Å². The fraction of sp³-hybridized carbons (Fsp3) is 0.833. The quantitative estimate of drug-likeness (QED) is 0.628. The molecular formula is C12H21NO6S. The van der Waals surface area contributed by atoms with Gasteiger partial charge in [-0.3, -0.25) is 9.59 Å². The molecule has 1 aliphatic rings. The summed E-state index contributed by atoms with van der Waals surface area (Å²) in [6.45, 7) is -0.301. The van der Waals surface area contributed by atoms with Crippen molar-refractivity contribution >= 4 is 22.0 Å². The van der Waals surface area contributed by atoms with Crippen molar-refractivity contribution in [1.29, 1.82) is 0 Å². The molecule has 0 aromatic rings. The zero-order chi connectivity index (χ0) is 15.2. The maximum Gasteiger partial charge on any atom is 0.321 e. The van der Waals surface area contributed by atoms with Crippen LogP contribution in [0.15, 0.2) is 0 Å². The number of methoxy groups -OCH3 is 2. The van der Waals surface area contributed by atoms with Crippen LogP contribution in [0.3, 0.4) is 0 Å². The Morgan fingerprint density at radius 1 is 1.10 bits per heavy atom. The fourth-order valence-corrected chi connectivity index (χ4v) is 3.90. The van der Waals surface area contributed by atoms with Crippen molar-refractivity contribution in [2.45, 2.75) is 38.1 Å². The topological polar surface area (TPSA) is 90.0 Å². The number of hydrogen-bond donors (Lipinski definition) is 0. The van der Waals surface area contributed by atoms with E-state index in [4.69, 9.17) is 0 Å². The molecule has 1 rings (SSSR count). The minimum absolute atomic E-state index is 0.184. The lowest BCUT2D eigenvalue weighted by atomic mass is 10.2. The van der Waals surface area contributed by atoms with Gasteiger partial charge in [0.2, 0.25) is 10.0 Å². The van der Waals surface area contributed by atoms with Crippen LogP contribution in [0.1, 0.15) is 32.1 Å². The van der Waals surface area contributed by atoms with Gasteiger partial charge in [0.15, 0.2) is 0 Å². The molecular weight excluding hydrogens is 286 g/mol. The van der Waals surface area contributed by atoms with E-state index >= 15 is 0 Å². The van der Waals surface area contributed by atoms with Gasteiger partial charge in [-0.05, 0) is 12.8 Å². The SMILES string of the molecule is COC(=O)CCS(=O)(=O)N(CC(=O)OC)C1CCCC1. The first-order valence-electron chi connectivity index (χ1n) is 6.54. The van der Waals surface area contributed by atoms with Crippen LogP contribution >= 0.6 is 0 Å². The average molecular weight is 307 g/mol. The largest absolute Gasteiger partial charge is 0.469 e. The average Bonchev–Trinajstić information content (AvgIpc) is 2.95. The van der Waals surface area contributed by atoms with Crippen molar-refractivity contribution in [3.63, 3.8) is 0 Å². The summed E-state index contributed by atoms with van der Waals surface area (Å²) in [7, 11) is -1.26. The molecule has 1 fully saturated rings. The van der Waals surface area contributed by atoms with E-state index in [9.17, 15) is 18.0 Å². The molecule has 1 saturated carbocycles. The van der Waals surface area contributed by atoms with Crippen molar-refractivity contribution in [3.8, 4) is 0 Å². The molecule has 0 spiro atoms. The van der Waals surface area contributed by atoms with Crippen molar-refractivity contribution in [3.05, 3.63) is 0 Å². The van der Waals surface area contributed by atoms with Crippen LogP contribution < -0.4 is 0 Å². The molecule has 0 unspecified atom stereocenters. The normalized spacial score (nSPS) is 16.4. The first-order chi connectivity index (χ1) is 9.40. The van der Waals surface area contributed by atoms with Crippen LogP contribution in [0.5, 0.6) is 0 Å². The van der Waals surface area contributed by atoms with Crippen LogP contribution in [0.2, 0.25) is 0 Å². The van der Waals surface area contributed by atoms with Gasteiger partial charge in [-0.1, -0.05) is 12.8 Å². The number of sulfonamides is 1. The van der Waals surface area contributed by atoms with Crippen molar-refractivity contribution in [1.82, 2.24) is 4.31 Å².